The highest BCUT2D eigenvalue weighted by atomic mass is 32.2. The highest BCUT2D eigenvalue weighted by Gasteiger charge is 2.12. The van der Waals surface area contributed by atoms with Crippen LogP contribution in [0.25, 0.3) is 33.3 Å². The molecule has 6 heteroatoms. The van der Waals surface area contributed by atoms with Crippen LogP contribution in [-0.4, -0.2) is 31.2 Å². The molecule has 0 saturated heterocycles. The number of benzene rings is 2. The van der Waals surface area contributed by atoms with Crippen molar-refractivity contribution in [3.8, 4) is 28.0 Å². The summed E-state index contributed by atoms with van der Waals surface area (Å²) in [4.78, 5) is 8.05. The number of unbranched alkanes of at least 4 members (excludes halogenated alkanes) is 1. The average molecular weight is 421 g/mol. The molecule has 0 spiro atoms. The Morgan fingerprint density at radius 2 is 1.80 bits per heavy atom. The number of ether oxygens (including phenoxy) is 1. The van der Waals surface area contributed by atoms with Crippen LogP contribution >= 0.6 is 0 Å². The molecule has 4 rings (SSSR count). The van der Waals surface area contributed by atoms with E-state index in [9.17, 15) is 8.42 Å². The molecule has 0 unspecified atom stereocenters. The molecule has 2 heterocycles. The summed E-state index contributed by atoms with van der Waals surface area (Å²) >= 11 is 0. The van der Waals surface area contributed by atoms with E-state index in [0.717, 1.165) is 58.5 Å². The van der Waals surface area contributed by atoms with E-state index < -0.39 is 9.84 Å². The first kappa shape index (κ1) is 20.2. The number of pyridine rings is 1. The predicted octanol–water partition coefficient (Wildman–Crippen LogP) is 5.48. The maximum absolute atomic E-state index is 11.9. The van der Waals surface area contributed by atoms with Crippen LogP contribution in [0, 0.1) is 0 Å². The molecular formula is C24H24N2O3S. The van der Waals surface area contributed by atoms with E-state index >= 15 is 0 Å². The summed E-state index contributed by atoms with van der Waals surface area (Å²) in [5.41, 5.74) is 4.58. The first-order chi connectivity index (χ1) is 14.5. The molecule has 30 heavy (non-hydrogen) atoms. The Balaban J connectivity index is 1.69. The van der Waals surface area contributed by atoms with Crippen molar-refractivity contribution in [2.24, 2.45) is 0 Å². The van der Waals surface area contributed by atoms with Crippen molar-refractivity contribution >= 4 is 20.9 Å². The number of fused-ring (bicyclic) bond motifs is 1. The van der Waals surface area contributed by atoms with Crippen LogP contribution in [0.5, 0.6) is 5.75 Å². The molecular weight excluding hydrogens is 396 g/mol. The Morgan fingerprint density at radius 3 is 2.53 bits per heavy atom. The lowest BCUT2D eigenvalue weighted by atomic mass is 10.0. The van der Waals surface area contributed by atoms with Gasteiger partial charge in [-0.1, -0.05) is 37.6 Å². The molecule has 1 N–H and O–H groups in total. The van der Waals surface area contributed by atoms with Gasteiger partial charge < -0.3 is 9.72 Å². The maximum Gasteiger partial charge on any atom is 0.175 e. The van der Waals surface area contributed by atoms with Crippen LogP contribution in [0.2, 0.25) is 0 Å². The molecule has 0 aliphatic rings. The van der Waals surface area contributed by atoms with E-state index in [2.05, 4.69) is 16.9 Å². The summed E-state index contributed by atoms with van der Waals surface area (Å²) in [6.45, 7) is 2.87. The van der Waals surface area contributed by atoms with Crippen LogP contribution in [-0.2, 0) is 9.84 Å². The van der Waals surface area contributed by atoms with Gasteiger partial charge in [-0.25, -0.2) is 13.4 Å². The molecule has 0 radical (unpaired) electrons. The van der Waals surface area contributed by atoms with Crippen LogP contribution < -0.4 is 4.74 Å². The van der Waals surface area contributed by atoms with Crippen molar-refractivity contribution in [2.75, 3.05) is 12.9 Å². The second-order valence-corrected chi connectivity index (χ2v) is 9.36. The van der Waals surface area contributed by atoms with E-state index in [1.807, 2.05) is 42.6 Å². The van der Waals surface area contributed by atoms with Gasteiger partial charge in [0.25, 0.3) is 0 Å². The van der Waals surface area contributed by atoms with E-state index in [4.69, 9.17) is 4.74 Å². The molecule has 4 aromatic rings. The zero-order valence-electron chi connectivity index (χ0n) is 17.1. The van der Waals surface area contributed by atoms with Gasteiger partial charge in [0, 0.05) is 35.2 Å². The van der Waals surface area contributed by atoms with Crippen molar-refractivity contribution < 1.29 is 13.2 Å². The van der Waals surface area contributed by atoms with Gasteiger partial charge in [0.2, 0.25) is 0 Å². The van der Waals surface area contributed by atoms with Gasteiger partial charge in [-0.15, -0.1) is 0 Å². The topological polar surface area (TPSA) is 72.0 Å². The second kappa shape index (κ2) is 8.32. The lowest BCUT2D eigenvalue weighted by molar-refractivity contribution is 0.309. The first-order valence-electron chi connectivity index (χ1n) is 9.96. The van der Waals surface area contributed by atoms with Gasteiger partial charge in [0.15, 0.2) is 9.84 Å². The predicted molar refractivity (Wildman–Crippen MR) is 120 cm³/mol. The second-order valence-electron chi connectivity index (χ2n) is 7.35. The third-order valence-electron chi connectivity index (χ3n) is 5.06. The number of aromatic nitrogens is 2. The van der Waals surface area contributed by atoms with Crippen LogP contribution in [0.1, 0.15) is 19.8 Å². The molecule has 0 fully saturated rings. The molecule has 0 aliphatic heterocycles. The van der Waals surface area contributed by atoms with Crippen LogP contribution in [0.15, 0.2) is 71.9 Å². The number of hydrogen-bond acceptors (Lipinski definition) is 4. The summed E-state index contributed by atoms with van der Waals surface area (Å²) in [6, 6.07) is 17.0. The van der Waals surface area contributed by atoms with Gasteiger partial charge in [0.1, 0.15) is 11.4 Å². The highest BCUT2D eigenvalue weighted by molar-refractivity contribution is 7.90. The quantitative estimate of drug-likeness (QED) is 0.402. The summed E-state index contributed by atoms with van der Waals surface area (Å²) in [6.07, 6.45) is 7.07. The Kier molecular flexibility index (Phi) is 5.59. The fourth-order valence-electron chi connectivity index (χ4n) is 3.37. The SMILES string of the molecule is CCCCOc1ccc(-c2c[nH]c3ncc(-c4cccc(S(C)(=O)=O)c4)cc23)cc1. The molecule has 2 aromatic heterocycles. The smallest absolute Gasteiger partial charge is 0.175 e. The monoisotopic (exact) mass is 420 g/mol. The number of hydrogen-bond donors (Lipinski definition) is 1. The summed E-state index contributed by atoms with van der Waals surface area (Å²) in [7, 11) is -3.27. The van der Waals surface area contributed by atoms with Gasteiger partial charge in [0.05, 0.1) is 11.5 Å². The molecule has 0 bridgehead atoms. The molecule has 154 valence electrons. The van der Waals surface area contributed by atoms with Gasteiger partial charge in [-0.05, 0) is 47.9 Å². The number of H-pyrrole nitrogens is 1. The number of aromatic amines is 1. The Bertz CT molecular complexity index is 1280. The Morgan fingerprint density at radius 1 is 1.00 bits per heavy atom. The Hall–Kier alpha value is -3.12. The van der Waals surface area contributed by atoms with E-state index in [0.29, 0.717) is 4.90 Å². The molecule has 0 atom stereocenters. The third kappa shape index (κ3) is 4.24. The van der Waals surface area contributed by atoms with E-state index in [1.165, 1.54) is 6.26 Å². The molecule has 2 aromatic carbocycles. The number of sulfone groups is 1. The minimum atomic E-state index is -3.27. The largest absolute Gasteiger partial charge is 0.494 e. The van der Waals surface area contributed by atoms with Crippen molar-refractivity contribution in [3.63, 3.8) is 0 Å². The minimum absolute atomic E-state index is 0.299. The average Bonchev–Trinajstić information content (AvgIpc) is 3.17. The lowest BCUT2D eigenvalue weighted by Crippen LogP contribution is -1.96. The maximum atomic E-state index is 11.9. The van der Waals surface area contributed by atoms with Gasteiger partial charge >= 0.3 is 0 Å². The first-order valence-corrected chi connectivity index (χ1v) is 11.9. The zero-order chi connectivity index (χ0) is 21.1. The fourth-order valence-corrected chi connectivity index (χ4v) is 4.04. The molecule has 0 saturated carbocycles. The van der Waals surface area contributed by atoms with Crippen LogP contribution in [0.4, 0.5) is 0 Å². The van der Waals surface area contributed by atoms with Crippen molar-refractivity contribution in [2.45, 2.75) is 24.7 Å². The van der Waals surface area contributed by atoms with Crippen molar-refractivity contribution in [1.29, 1.82) is 0 Å². The normalized spacial score (nSPS) is 11.7. The zero-order valence-corrected chi connectivity index (χ0v) is 17.9. The van der Waals surface area contributed by atoms with Crippen LogP contribution in [0.3, 0.4) is 0 Å². The highest BCUT2D eigenvalue weighted by Crippen LogP contribution is 2.32. The summed E-state index contributed by atoms with van der Waals surface area (Å²) in [5, 5.41) is 0.983. The molecule has 0 aliphatic carbocycles. The van der Waals surface area contributed by atoms with Gasteiger partial charge in [-0.3, -0.25) is 0 Å². The minimum Gasteiger partial charge on any atom is -0.494 e. The third-order valence-corrected chi connectivity index (χ3v) is 6.17. The van der Waals surface area contributed by atoms with E-state index in [1.54, 1.807) is 24.4 Å². The molecule has 0 amide bonds. The Labute approximate surface area is 176 Å². The number of nitrogens with one attached hydrogen (secondary N) is 1. The fraction of sp³-hybridized carbons (Fsp3) is 0.208. The summed E-state index contributed by atoms with van der Waals surface area (Å²) < 4.78 is 29.6. The van der Waals surface area contributed by atoms with E-state index in [-0.39, 0.29) is 0 Å². The van der Waals surface area contributed by atoms with Gasteiger partial charge in [-0.2, -0.15) is 0 Å². The number of nitrogens with zero attached hydrogens (tertiary/aromatic N) is 1. The summed E-state index contributed by atoms with van der Waals surface area (Å²) in [5.74, 6) is 0.864. The van der Waals surface area contributed by atoms with Crippen molar-refractivity contribution in [3.05, 3.63) is 67.0 Å². The lowest BCUT2D eigenvalue weighted by Gasteiger charge is -2.07. The van der Waals surface area contributed by atoms with Crippen molar-refractivity contribution in [1.82, 2.24) is 9.97 Å². The number of rotatable bonds is 7. The molecule has 5 nitrogen and oxygen atoms in total. The standard InChI is InChI=1S/C24H24N2O3S/c1-3-4-12-29-20-10-8-17(9-11-20)23-16-26-24-22(23)14-19(15-25-24)18-6-5-7-21(13-18)30(2,27)28/h5-11,13-16H,3-4,12H2,1-2H3,(H,25,26).